The second-order valence-electron chi connectivity index (χ2n) is 6.01. The molecule has 1 heterocycles. The van der Waals surface area contributed by atoms with Crippen LogP contribution in [-0.2, 0) is 0 Å². The summed E-state index contributed by atoms with van der Waals surface area (Å²) in [6.07, 6.45) is 6.99. The topological polar surface area (TPSA) is 15.3 Å². The van der Waals surface area contributed by atoms with Crippen LogP contribution >= 0.6 is 11.8 Å². The van der Waals surface area contributed by atoms with Crippen molar-refractivity contribution in [2.45, 2.75) is 62.5 Å². The van der Waals surface area contributed by atoms with Crippen molar-refractivity contribution in [3.8, 4) is 0 Å². The van der Waals surface area contributed by atoms with Gasteiger partial charge in [-0.15, -0.1) is 0 Å². The van der Waals surface area contributed by atoms with Gasteiger partial charge in [-0.2, -0.15) is 13.2 Å². The van der Waals surface area contributed by atoms with Crippen LogP contribution in [0.25, 0.3) is 0 Å². The Morgan fingerprint density at radius 1 is 1.25 bits per heavy atom. The fraction of sp³-hybridized carbons (Fsp3) is 1.00. The Balaban J connectivity index is 1.95. The van der Waals surface area contributed by atoms with Crippen molar-refractivity contribution in [2.24, 2.45) is 0 Å². The summed E-state index contributed by atoms with van der Waals surface area (Å²) in [4.78, 5) is 2.36. The number of alkyl halides is 3. The van der Waals surface area contributed by atoms with Crippen LogP contribution in [-0.4, -0.2) is 47.4 Å². The van der Waals surface area contributed by atoms with E-state index in [4.69, 9.17) is 0 Å². The number of halogens is 3. The van der Waals surface area contributed by atoms with Crippen LogP contribution in [0.15, 0.2) is 0 Å². The van der Waals surface area contributed by atoms with Gasteiger partial charge in [0.2, 0.25) is 0 Å². The van der Waals surface area contributed by atoms with Crippen LogP contribution in [0.5, 0.6) is 0 Å². The van der Waals surface area contributed by atoms with E-state index in [9.17, 15) is 13.2 Å². The Hall–Kier alpha value is 0.0600. The maximum atomic E-state index is 12.3. The van der Waals surface area contributed by atoms with Crippen molar-refractivity contribution in [1.82, 2.24) is 10.2 Å². The molecule has 1 spiro atoms. The highest BCUT2D eigenvalue weighted by Gasteiger charge is 2.41. The Labute approximate surface area is 123 Å². The fourth-order valence-corrected chi connectivity index (χ4v) is 4.09. The number of nitrogens with one attached hydrogen (secondary N) is 1. The molecule has 0 aromatic carbocycles. The molecule has 0 amide bonds. The third-order valence-electron chi connectivity index (χ3n) is 4.74. The number of hydrogen-bond donors (Lipinski definition) is 1. The maximum Gasteiger partial charge on any atom is 0.441 e. The Bertz CT molecular complexity index is 303. The SMILES string of the molecule is CCC1CN(CCSC(F)(F)F)C2(CCCCC2)CN1. The van der Waals surface area contributed by atoms with E-state index < -0.39 is 5.51 Å². The van der Waals surface area contributed by atoms with Gasteiger partial charge in [0, 0.05) is 37.0 Å². The highest BCUT2D eigenvalue weighted by molar-refractivity contribution is 8.00. The summed E-state index contributed by atoms with van der Waals surface area (Å²) in [6, 6.07) is 0.429. The average molecular weight is 310 g/mol. The van der Waals surface area contributed by atoms with Crippen molar-refractivity contribution in [3.05, 3.63) is 0 Å². The summed E-state index contributed by atoms with van der Waals surface area (Å²) < 4.78 is 37.0. The normalized spacial score (nSPS) is 27.9. The molecule has 0 radical (unpaired) electrons. The maximum absolute atomic E-state index is 12.3. The molecule has 1 saturated heterocycles. The summed E-state index contributed by atoms with van der Waals surface area (Å²) in [5, 5.41) is 3.60. The van der Waals surface area contributed by atoms with Crippen LogP contribution in [0.3, 0.4) is 0 Å². The first-order valence-electron chi connectivity index (χ1n) is 7.64. The molecule has 20 heavy (non-hydrogen) atoms. The molecule has 0 bridgehead atoms. The van der Waals surface area contributed by atoms with Crippen molar-refractivity contribution in [1.29, 1.82) is 0 Å². The highest BCUT2D eigenvalue weighted by atomic mass is 32.2. The number of piperazine rings is 1. The molecule has 2 rings (SSSR count). The molecular formula is C14H25F3N2S. The largest absolute Gasteiger partial charge is 0.441 e. The van der Waals surface area contributed by atoms with Crippen molar-refractivity contribution in [2.75, 3.05) is 25.4 Å². The second-order valence-corrected chi connectivity index (χ2v) is 7.17. The summed E-state index contributed by atoms with van der Waals surface area (Å²) in [7, 11) is 0. The molecule has 1 atom stereocenters. The van der Waals surface area contributed by atoms with E-state index in [0.29, 0.717) is 12.6 Å². The zero-order chi connectivity index (χ0) is 14.6. The minimum atomic E-state index is -4.10. The molecule has 6 heteroatoms. The van der Waals surface area contributed by atoms with Gasteiger partial charge in [0.05, 0.1) is 0 Å². The van der Waals surface area contributed by atoms with Crippen LogP contribution in [0.2, 0.25) is 0 Å². The van der Waals surface area contributed by atoms with Crippen LogP contribution in [0, 0.1) is 0 Å². The zero-order valence-corrected chi connectivity index (χ0v) is 13.0. The van der Waals surface area contributed by atoms with Gasteiger partial charge < -0.3 is 5.32 Å². The molecule has 0 aromatic rings. The second kappa shape index (κ2) is 6.88. The lowest BCUT2D eigenvalue weighted by molar-refractivity contribution is -0.0335. The molecule has 2 aliphatic rings. The van der Waals surface area contributed by atoms with Gasteiger partial charge in [-0.05, 0) is 31.0 Å². The Kier molecular flexibility index (Phi) is 5.65. The standard InChI is InChI=1S/C14H25F3N2S/c1-2-12-10-19(8-9-20-14(15,16)17)13(11-18-12)6-4-3-5-7-13/h12,18H,2-11H2,1H3. The van der Waals surface area contributed by atoms with Gasteiger partial charge in [0.1, 0.15) is 0 Å². The number of rotatable bonds is 4. The number of hydrogen-bond acceptors (Lipinski definition) is 3. The van der Waals surface area contributed by atoms with Gasteiger partial charge in [0.15, 0.2) is 0 Å². The minimum absolute atomic E-state index is 0.121. The first kappa shape index (κ1) is 16.4. The van der Waals surface area contributed by atoms with E-state index in [1.54, 1.807) is 0 Å². The predicted octanol–water partition coefficient (Wildman–Crippen LogP) is 3.63. The van der Waals surface area contributed by atoms with E-state index in [2.05, 4.69) is 17.1 Å². The number of thioether (sulfide) groups is 1. The van der Waals surface area contributed by atoms with E-state index in [1.165, 1.54) is 19.3 Å². The molecule has 1 N–H and O–H groups in total. The lowest BCUT2D eigenvalue weighted by atomic mass is 9.78. The predicted molar refractivity (Wildman–Crippen MR) is 78.0 cm³/mol. The van der Waals surface area contributed by atoms with E-state index in [-0.39, 0.29) is 23.1 Å². The average Bonchev–Trinajstić information content (AvgIpc) is 2.41. The lowest BCUT2D eigenvalue weighted by Crippen LogP contribution is -2.65. The Morgan fingerprint density at radius 3 is 2.55 bits per heavy atom. The van der Waals surface area contributed by atoms with Crippen LogP contribution in [0.4, 0.5) is 13.2 Å². The van der Waals surface area contributed by atoms with Crippen LogP contribution < -0.4 is 5.32 Å². The monoisotopic (exact) mass is 310 g/mol. The number of nitrogens with zero attached hydrogens (tertiary/aromatic N) is 1. The third-order valence-corrected chi connectivity index (χ3v) is 5.45. The molecule has 2 nitrogen and oxygen atoms in total. The quantitative estimate of drug-likeness (QED) is 0.854. The van der Waals surface area contributed by atoms with Crippen molar-refractivity contribution in [3.63, 3.8) is 0 Å². The van der Waals surface area contributed by atoms with Gasteiger partial charge in [0.25, 0.3) is 0 Å². The van der Waals surface area contributed by atoms with Crippen molar-refractivity contribution < 1.29 is 13.2 Å². The molecule has 2 fully saturated rings. The van der Waals surface area contributed by atoms with E-state index >= 15 is 0 Å². The zero-order valence-electron chi connectivity index (χ0n) is 12.1. The molecule has 118 valence electrons. The third kappa shape index (κ3) is 4.28. The van der Waals surface area contributed by atoms with E-state index in [1.807, 2.05) is 0 Å². The van der Waals surface area contributed by atoms with Crippen LogP contribution in [0.1, 0.15) is 45.4 Å². The molecule has 1 unspecified atom stereocenters. The van der Waals surface area contributed by atoms with Gasteiger partial charge in [-0.25, -0.2) is 0 Å². The first-order chi connectivity index (χ1) is 9.45. The molecular weight excluding hydrogens is 285 g/mol. The van der Waals surface area contributed by atoms with E-state index in [0.717, 1.165) is 32.4 Å². The molecule has 1 aliphatic carbocycles. The van der Waals surface area contributed by atoms with Gasteiger partial charge in [-0.3, -0.25) is 4.90 Å². The summed E-state index contributed by atoms with van der Waals surface area (Å²) in [5.74, 6) is 0.154. The summed E-state index contributed by atoms with van der Waals surface area (Å²) in [6.45, 7) is 4.54. The van der Waals surface area contributed by atoms with Gasteiger partial charge in [-0.1, -0.05) is 26.2 Å². The fourth-order valence-electron chi connectivity index (χ4n) is 3.55. The minimum Gasteiger partial charge on any atom is -0.311 e. The molecule has 1 aliphatic heterocycles. The smallest absolute Gasteiger partial charge is 0.311 e. The highest BCUT2D eigenvalue weighted by Crippen LogP contribution is 2.37. The lowest BCUT2D eigenvalue weighted by Gasteiger charge is -2.52. The Morgan fingerprint density at radius 2 is 1.95 bits per heavy atom. The molecule has 0 aromatic heterocycles. The first-order valence-corrected chi connectivity index (χ1v) is 8.63. The molecule has 1 saturated carbocycles. The van der Waals surface area contributed by atoms with Gasteiger partial charge >= 0.3 is 5.51 Å². The summed E-state index contributed by atoms with van der Waals surface area (Å²) in [5.41, 5.74) is -3.98. The van der Waals surface area contributed by atoms with Crippen molar-refractivity contribution >= 4 is 11.8 Å². The summed E-state index contributed by atoms with van der Waals surface area (Å²) >= 11 is 0.121.